The van der Waals surface area contributed by atoms with Gasteiger partial charge in [0, 0.05) is 17.6 Å². The van der Waals surface area contributed by atoms with Gasteiger partial charge >= 0.3 is 0 Å². The number of ether oxygens (including phenoxy) is 1. The van der Waals surface area contributed by atoms with Crippen molar-refractivity contribution in [3.63, 3.8) is 0 Å². The number of sulfonamides is 1. The topological polar surface area (TPSA) is 96.0 Å². The van der Waals surface area contributed by atoms with Crippen molar-refractivity contribution in [1.29, 1.82) is 0 Å². The summed E-state index contributed by atoms with van der Waals surface area (Å²) in [4.78, 5) is 27.8. The second-order valence-electron chi connectivity index (χ2n) is 8.05. The molecule has 0 fully saturated rings. The molecule has 0 unspecified atom stereocenters. The number of benzene rings is 2. The maximum absolute atomic E-state index is 13.5. The van der Waals surface area contributed by atoms with Crippen LogP contribution in [-0.2, 0) is 26.2 Å². The molecule has 2 amide bonds. The monoisotopic (exact) mass is 509 g/mol. The molecule has 2 atom stereocenters. The highest BCUT2D eigenvalue weighted by molar-refractivity contribution is 7.92. The number of hydrogen-bond donors (Lipinski definition) is 1. The Labute approximate surface area is 206 Å². The number of carbonyl (C=O) groups is 2. The number of carbonyl (C=O) groups excluding carboxylic acids is 2. The number of rotatable bonds is 11. The van der Waals surface area contributed by atoms with Gasteiger partial charge in [-0.1, -0.05) is 48.9 Å². The molecular weight excluding hydrogens is 478 g/mol. The first-order valence-corrected chi connectivity index (χ1v) is 13.2. The average molecular weight is 510 g/mol. The lowest BCUT2D eigenvalue weighted by Crippen LogP contribution is -2.52. The minimum atomic E-state index is -3.85. The second kappa shape index (κ2) is 12.1. The molecule has 186 valence electrons. The molecule has 0 bridgehead atoms. The Balaban J connectivity index is 2.44. The molecule has 0 spiro atoms. The van der Waals surface area contributed by atoms with Crippen molar-refractivity contribution in [1.82, 2.24) is 10.2 Å². The zero-order chi connectivity index (χ0) is 25.5. The van der Waals surface area contributed by atoms with Gasteiger partial charge in [-0.05, 0) is 44.0 Å². The summed E-state index contributed by atoms with van der Waals surface area (Å²) >= 11 is 6.32. The first kappa shape index (κ1) is 27.5. The van der Waals surface area contributed by atoms with Gasteiger partial charge in [-0.2, -0.15) is 0 Å². The van der Waals surface area contributed by atoms with Crippen molar-refractivity contribution in [3.05, 3.63) is 59.1 Å². The van der Waals surface area contributed by atoms with Gasteiger partial charge in [0.05, 0.1) is 19.1 Å². The number of para-hydroxylation sites is 2. The predicted octanol–water partition coefficient (Wildman–Crippen LogP) is 3.45. The maximum Gasteiger partial charge on any atom is 0.244 e. The third kappa shape index (κ3) is 7.11. The van der Waals surface area contributed by atoms with Gasteiger partial charge in [0.2, 0.25) is 21.8 Å². The first-order chi connectivity index (χ1) is 16.0. The fourth-order valence-electron chi connectivity index (χ4n) is 3.29. The van der Waals surface area contributed by atoms with E-state index < -0.39 is 28.5 Å². The second-order valence-corrected chi connectivity index (χ2v) is 10.4. The van der Waals surface area contributed by atoms with Gasteiger partial charge in [-0.25, -0.2) is 8.42 Å². The maximum atomic E-state index is 13.5. The summed E-state index contributed by atoms with van der Waals surface area (Å²) in [6, 6.07) is 12.6. The molecule has 1 N–H and O–H groups in total. The van der Waals surface area contributed by atoms with Gasteiger partial charge in [-0.3, -0.25) is 13.9 Å². The van der Waals surface area contributed by atoms with E-state index in [0.717, 1.165) is 17.0 Å². The molecule has 0 heterocycles. The third-order valence-electron chi connectivity index (χ3n) is 5.50. The summed E-state index contributed by atoms with van der Waals surface area (Å²) in [5, 5.41) is 3.32. The van der Waals surface area contributed by atoms with Gasteiger partial charge in [-0.15, -0.1) is 0 Å². The third-order valence-corrected chi connectivity index (χ3v) is 7.00. The van der Waals surface area contributed by atoms with Crippen LogP contribution in [0.4, 0.5) is 5.69 Å². The lowest BCUT2D eigenvalue weighted by Gasteiger charge is -2.32. The van der Waals surface area contributed by atoms with E-state index in [1.54, 1.807) is 55.5 Å². The standard InChI is InChI=1S/C24H32ClN3O5S/c1-6-17(2)26-24(30)18(3)27(15-19-11-7-8-12-20(19)25)23(29)16-28(34(5,31)32)21-13-9-10-14-22(21)33-4/h7-14,17-18H,6,15-16H2,1-5H3,(H,26,30)/t17-,18+/m0/s1. The van der Waals surface area contributed by atoms with Crippen LogP contribution in [-0.4, -0.2) is 57.1 Å². The summed E-state index contributed by atoms with van der Waals surface area (Å²) in [6.45, 7) is 4.96. The van der Waals surface area contributed by atoms with E-state index in [0.29, 0.717) is 16.3 Å². The van der Waals surface area contributed by atoms with E-state index in [1.165, 1.54) is 12.0 Å². The van der Waals surface area contributed by atoms with Crippen LogP contribution in [0.25, 0.3) is 0 Å². The zero-order valence-electron chi connectivity index (χ0n) is 20.1. The number of nitrogens with zero attached hydrogens (tertiary/aromatic N) is 2. The molecule has 0 aromatic heterocycles. The van der Waals surface area contributed by atoms with Crippen LogP contribution in [0.5, 0.6) is 5.75 Å². The normalized spacial score (nSPS) is 13.0. The van der Waals surface area contributed by atoms with E-state index >= 15 is 0 Å². The SMILES string of the molecule is CC[C@H](C)NC(=O)[C@@H](C)N(Cc1ccccc1Cl)C(=O)CN(c1ccccc1OC)S(C)(=O)=O. The van der Waals surface area contributed by atoms with Crippen molar-refractivity contribution in [3.8, 4) is 5.75 Å². The Bertz CT molecular complexity index is 1110. The Morgan fingerprint density at radius 1 is 1.09 bits per heavy atom. The zero-order valence-corrected chi connectivity index (χ0v) is 21.7. The van der Waals surface area contributed by atoms with Crippen molar-refractivity contribution in [2.75, 3.05) is 24.2 Å². The Morgan fingerprint density at radius 2 is 1.71 bits per heavy atom. The highest BCUT2D eigenvalue weighted by atomic mass is 35.5. The summed E-state index contributed by atoms with van der Waals surface area (Å²) in [5.41, 5.74) is 0.874. The summed E-state index contributed by atoms with van der Waals surface area (Å²) in [7, 11) is -2.43. The molecule has 0 aliphatic heterocycles. The Hall–Kier alpha value is -2.78. The molecule has 34 heavy (non-hydrogen) atoms. The summed E-state index contributed by atoms with van der Waals surface area (Å²) in [6.07, 6.45) is 1.75. The fraction of sp³-hybridized carbons (Fsp3) is 0.417. The Kier molecular flexibility index (Phi) is 9.76. The van der Waals surface area contributed by atoms with Crippen molar-refractivity contribution >= 4 is 39.1 Å². The van der Waals surface area contributed by atoms with Crippen LogP contribution in [0, 0.1) is 0 Å². The van der Waals surface area contributed by atoms with Gasteiger partial charge in [0.25, 0.3) is 0 Å². The molecule has 2 aromatic rings. The molecule has 0 saturated heterocycles. The highest BCUT2D eigenvalue weighted by Crippen LogP contribution is 2.30. The van der Waals surface area contributed by atoms with Crippen molar-refractivity contribution < 1.29 is 22.7 Å². The summed E-state index contributed by atoms with van der Waals surface area (Å²) < 4.78 is 31.6. The molecule has 0 saturated carbocycles. The van der Waals surface area contributed by atoms with Crippen molar-refractivity contribution in [2.24, 2.45) is 0 Å². The lowest BCUT2D eigenvalue weighted by atomic mass is 10.1. The van der Waals surface area contributed by atoms with Gasteiger partial charge in [0.1, 0.15) is 18.3 Å². The largest absolute Gasteiger partial charge is 0.495 e. The first-order valence-electron chi connectivity index (χ1n) is 10.9. The van der Waals surface area contributed by atoms with Crippen molar-refractivity contribution in [2.45, 2.75) is 45.8 Å². The van der Waals surface area contributed by atoms with Crippen LogP contribution in [0.1, 0.15) is 32.8 Å². The number of anilines is 1. The highest BCUT2D eigenvalue weighted by Gasteiger charge is 2.31. The molecule has 8 nitrogen and oxygen atoms in total. The molecule has 2 aromatic carbocycles. The molecule has 0 radical (unpaired) electrons. The number of amides is 2. The molecule has 0 aliphatic carbocycles. The molecule has 2 rings (SSSR count). The minimum absolute atomic E-state index is 0.0388. The minimum Gasteiger partial charge on any atom is -0.495 e. The quantitative estimate of drug-likeness (QED) is 0.500. The molecule has 0 aliphatic rings. The van der Waals surface area contributed by atoms with Gasteiger partial charge < -0.3 is 15.0 Å². The summed E-state index contributed by atoms with van der Waals surface area (Å²) in [5.74, 6) is -0.582. The van der Waals surface area contributed by atoms with Gasteiger partial charge in [0.15, 0.2) is 0 Å². The fourth-order valence-corrected chi connectivity index (χ4v) is 4.34. The predicted molar refractivity (Wildman–Crippen MR) is 135 cm³/mol. The van der Waals surface area contributed by atoms with Crippen LogP contribution in [0.15, 0.2) is 48.5 Å². The Morgan fingerprint density at radius 3 is 2.29 bits per heavy atom. The lowest BCUT2D eigenvalue weighted by molar-refractivity contribution is -0.139. The number of nitrogens with one attached hydrogen (secondary N) is 1. The van der Waals surface area contributed by atoms with Crippen LogP contribution in [0.2, 0.25) is 5.02 Å². The van der Waals surface area contributed by atoms with E-state index in [-0.39, 0.29) is 24.2 Å². The van der Waals surface area contributed by atoms with Crippen LogP contribution >= 0.6 is 11.6 Å². The smallest absolute Gasteiger partial charge is 0.244 e. The number of hydrogen-bond acceptors (Lipinski definition) is 5. The van der Waals surface area contributed by atoms with E-state index in [4.69, 9.17) is 16.3 Å². The van der Waals surface area contributed by atoms with E-state index in [2.05, 4.69) is 5.32 Å². The van der Waals surface area contributed by atoms with Crippen LogP contribution in [0.3, 0.4) is 0 Å². The average Bonchev–Trinajstić information content (AvgIpc) is 2.80. The number of halogens is 1. The van der Waals surface area contributed by atoms with E-state index in [1.807, 2.05) is 13.8 Å². The number of methoxy groups -OCH3 is 1. The van der Waals surface area contributed by atoms with E-state index in [9.17, 15) is 18.0 Å². The molecular formula is C24H32ClN3O5S. The van der Waals surface area contributed by atoms with Crippen LogP contribution < -0.4 is 14.4 Å². The molecule has 10 heteroatoms.